The molecule has 0 amide bonds. The fourth-order valence-corrected chi connectivity index (χ4v) is 3.14. The Kier molecular flexibility index (Phi) is 4.51. The molecule has 1 unspecified atom stereocenters. The maximum atomic E-state index is 11.7. The molecule has 1 fully saturated rings. The van der Waals surface area contributed by atoms with Crippen LogP contribution in [0.15, 0.2) is 0 Å². The van der Waals surface area contributed by atoms with Crippen LogP contribution in [0.1, 0.15) is 26.7 Å². The third kappa shape index (κ3) is 4.06. The number of hydrogen-bond acceptors (Lipinski definition) is 3. The molecule has 2 N–H and O–H groups in total. The molecule has 1 heterocycles. The highest BCUT2D eigenvalue weighted by Gasteiger charge is 2.26. The number of aliphatic hydroxyl groups is 1. The van der Waals surface area contributed by atoms with Crippen LogP contribution in [0.3, 0.4) is 0 Å². The van der Waals surface area contributed by atoms with Crippen molar-refractivity contribution in [2.75, 3.05) is 19.6 Å². The summed E-state index contributed by atoms with van der Waals surface area (Å²) in [6.07, 6.45) is 1.35. The lowest BCUT2D eigenvalue weighted by molar-refractivity contribution is 0.196. The standard InChI is InChI=1S/C9H20N2O3S/c1-8-4-3-5-11(7-8)15(13,14)10-6-9(2)12/h8-10,12H,3-7H2,1-2H3/t8?,9-/m1/s1. The Bertz CT molecular complexity index is 290. The second-order valence-corrected chi connectivity index (χ2v) is 6.06. The molecule has 90 valence electrons. The molecule has 15 heavy (non-hydrogen) atoms. The summed E-state index contributed by atoms with van der Waals surface area (Å²) < 4.78 is 27.3. The molecule has 0 aliphatic carbocycles. The van der Waals surface area contributed by atoms with Gasteiger partial charge in [-0.1, -0.05) is 6.92 Å². The summed E-state index contributed by atoms with van der Waals surface area (Å²) in [4.78, 5) is 0. The van der Waals surface area contributed by atoms with Gasteiger partial charge in [-0.15, -0.1) is 0 Å². The topological polar surface area (TPSA) is 69.6 Å². The van der Waals surface area contributed by atoms with Crippen LogP contribution < -0.4 is 4.72 Å². The van der Waals surface area contributed by atoms with Gasteiger partial charge in [0.25, 0.3) is 10.2 Å². The van der Waals surface area contributed by atoms with Crippen LogP contribution in [0.2, 0.25) is 0 Å². The van der Waals surface area contributed by atoms with Crippen LogP contribution in [0.25, 0.3) is 0 Å². The van der Waals surface area contributed by atoms with E-state index in [1.807, 2.05) is 0 Å². The second kappa shape index (κ2) is 5.25. The molecular formula is C9H20N2O3S. The first-order valence-corrected chi connectivity index (χ1v) is 6.78. The van der Waals surface area contributed by atoms with Crippen LogP contribution >= 0.6 is 0 Å². The van der Waals surface area contributed by atoms with E-state index in [0.29, 0.717) is 19.0 Å². The van der Waals surface area contributed by atoms with Crippen molar-refractivity contribution >= 4 is 10.2 Å². The predicted molar refractivity (Wildman–Crippen MR) is 58.6 cm³/mol. The Labute approximate surface area is 91.7 Å². The molecule has 1 aliphatic heterocycles. The molecule has 0 aromatic heterocycles. The van der Waals surface area contributed by atoms with E-state index in [1.165, 1.54) is 4.31 Å². The Hall–Kier alpha value is -0.170. The van der Waals surface area contributed by atoms with Gasteiger partial charge in [-0.2, -0.15) is 17.4 Å². The maximum Gasteiger partial charge on any atom is 0.279 e. The molecule has 0 saturated carbocycles. The van der Waals surface area contributed by atoms with Crippen LogP contribution in [-0.2, 0) is 10.2 Å². The molecule has 1 rings (SSSR count). The minimum Gasteiger partial charge on any atom is -0.392 e. The van der Waals surface area contributed by atoms with Crippen molar-refractivity contribution in [1.82, 2.24) is 9.03 Å². The molecule has 0 aromatic rings. The third-order valence-corrected chi connectivity index (χ3v) is 4.06. The average Bonchev–Trinajstić information content (AvgIpc) is 2.15. The van der Waals surface area contributed by atoms with E-state index >= 15 is 0 Å². The zero-order valence-corrected chi connectivity index (χ0v) is 10.1. The molecule has 0 spiro atoms. The first-order chi connectivity index (χ1) is 6.92. The zero-order valence-electron chi connectivity index (χ0n) is 9.31. The van der Waals surface area contributed by atoms with Gasteiger partial charge in [-0.05, 0) is 25.7 Å². The van der Waals surface area contributed by atoms with Gasteiger partial charge in [-0.25, -0.2) is 0 Å². The van der Waals surface area contributed by atoms with E-state index < -0.39 is 16.3 Å². The van der Waals surface area contributed by atoms with Crippen molar-refractivity contribution in [3.63, 3.8) is 0 Å². The smallest absolute Gasteiger partial charge is 0.279 e. The number of rotatable bonds is 4. The van der Waals surface area contributed by atoms with Gasteiger partial charge in [0, 0.05) is 19.6 Å². The van der Waals surface area contributed by atoms with E-state index in [2.05, 4.69) is 11.6 Å². The van der Waals surface area contributed by atoms with Crippen molar-refractivity contribution in [1.29, 1.82) is 0 Å². The van der Waals surface area contributed by atoms with Crippen molar-refractivity contribution in [3.05, 3.63) is 0 Å². The van der Waals surface area contributed by atoms with Gasteiger partial charge in [0.2, 0.25) is 0 Å². The maximum absolute atomic E-state index is 11.7. The summed E-state index contributed by atoms with van der Waals surface area (Å²) in [5, 5.41) is 9.02. The molecule has 1 aliphatic rings. The minimum atomic E-state index is -3.39. The second-order valence-electron chi connectivity index (χ2n) is 4.31. The summed E-state index contributed by atoms with van der Waals surface area (Å²) in [7, 11) is -3.39. The lowest BCUT2D eigenvalue weighted by atomic mass is 10.0. The number of nitrogens with one attached hydrogen (secondary N) is 1. The highest BCUT2D eigenvalue weighted by Crippen LogP contribution is 2.17. The normalized spacial score (nSPS) is 26.5. The van der Waals surface area contributed by atoms with Crippen molar-refractivity contribution < 1.29 is 13.5 Å². The zero-order chi connectivity index (χ0) is 11.5. The van der Waals surface area contributed by atoms with Crippen LogP contribution in [0.4, 0.5) is 0 Å². The van der Waals surface area contributed by atoms with Gasteiger partial charge in [0.1, 0.15) is 0 Å². The highest BCUT2D eigenvalue weighted by molar-refractivity contribution is 7.87. The largest absolute Gasteiger partial charge is 0.392 e. The van der Waals surface area contributed by atoms with Crippen LogP contribution in [0.5, 0.6) is 0 Å². The molecule has 5 nitrogen and oxygen atoms in total. The van der Waals surface area contributed by atoms with Crippen molar-refractivity contribution in [2.45, 2.75) is 32.8 Å². The van der Waals surface area contributed by atoms with Gasteiger partial charge >= 0.3 is 0 Å². The first kappa shape index (κ1) is 12.9. The van der Waals surface area contributed by atoms with E-state index in [4.69, 9.17) is 5.11 Å². The molecule has 0 bridgehead atoms. The predicted octanol–water partition coefficient (Wildman–Crippen LogP) is -0.0665. The molecule has 0 radical (unpaired) electrons. The Balaban J connectivity index is 2.52. The Morgan fingerprint density at radius 3 is 2.80 bits per heavy atom. The Morgan fingerprint density at radius 1 is 1.60 bits per heavy atom. The highest BCUT2D eigenvalue weighted by atomic mass is 32.2. The summed E-state index contributed by atoms with van der Waals surface area (Å²) in [5.74, 6) is 0.418. The molecule has 0 aromatic carbocycles. The number of hydrogen-bond donors (Lipinski definition) is 2. The quantitative estimate of drug-likeness (QED) is 0.718. The fraction of sp³-hybridized carbons (Fsp3) is 1.00. The summed E-state index contributed by atoms with van der Waals surface area (Å²) in [6.45, 7) is 4.85. The first-order valence-electron chi connectivity index (χ1n) is 5.34. The summed E-state index contributed by atoms with van der Waals surface area (Å²) >= 11 is 0. The lowest BCUT2D eigenvalue weighted by Crippen LogP contribution is -2.47. The monoisotopic (exact) mass is 236 g/mol. The SMILES string of the molecule is CC1CCCN(S(=O)(=O)NC[C@@H](C)O)C1. The fourth-order valence-electron chi connectivity index (χ4n) is 1.68. The van der Waals surface area contributed by atoms with E-state index in [0.717, 1.165) is 12.8 Å². The van der Waals surface area contributed by atoms with Crippen LogP contribution in [0, 0.1) is 5.92 Å². The Morgan fingerprint density at radius 2 is 2.27 bits per heavy atom. The molecule has 6 heteroatoms. The number of nitrogens with zero attached hydrogens (tertiary/aromatic N) is 1. The van der Waals surface area contributed by atoms with Crippen molar-refractivity contribution in [3.8, 4) is 0 Å². The van der Waals surface area contributed by atoms with Gasteiger partial charge in [0.15, 0.2) is 0 Å². The molecule has 2 atom stereocenters. The number of aliphatic hydroxyl groups excluding tert-OH is 1. The minimum absolute atomic E-state index is 0.0766. The van der Waals surface area contributed by atoms with Gasteiger partial charge in [-0.3, -0.25) is 0 Å². The molecule has 1 saturated heterocycles. The third-order valence-electron chi connectivity index (χ3n) is 2.52. The lowest BCUT2D eigenvalue weighted by Gasteiger charge is -2.30. The van der Waals surface area contributed by atoms with Crippen molar-refractivity contribution in [2.24, 2.45) is 5.92 Å². The van der Waals surface area contributed by atoms with Gasteiger partial charge < -0.3 is 5.11 Å². The molecular weight excluding hydrogens is 216 g/mol. The summed E-state index contributed by atoms with van der Waals surface area (Å²) in [5.41, 5.74) is 0. The van der Waals surface area contributed by atoms with E-state index in [9.17, 15) is 8.42 Å². The number of piperidine rings is 1. The average molecular weight is 236 g/mol. The van der Waals surface area contributed by atoms with E-state index in [-0.39, 0.29) is 6.54 Å². The van der Waals surface area contributed by atoms with Crippen LogP contribution in [-0.4, -0.2) is 43.6 Å². The summed E-state index contributed by atoms with van der Waals surface area (Å²) in [6, 6.07) is 0. The van der Waals surface area contributed by atoms with Gasteiger partial charge in [0.05, 0.1) is 6.10 Å². The van der Waals surface area contributed by atoms with E-state index in [1.54, 1.807) is 6.92 Å².